The summed E-state index contributed by atoms with van der Waals surface area (Å²) in [6.45, 7) is 2.58. The highest BCUT2D eigenvalue weighted by atomic mass is 16.1. The number of imidazole rings is 1. The van der Waals surface area contributed by atoms with E-state index in [9.17, 15) is 4.79 Å². The fraction of sp³-hybridized carbons (Fsp3) is 0.429. The lowest BCUT2D eigenvalue weighted by Crippen LogP contribution is -2.25. The monoisotopic (exact) mass is 258 g/mol. The Bertz CT molecular complexity index is 572. The summed E-state index contributed by atoms with van der Waals surface area (Å²) in [6.07, 6.45) is 3.41. The molecule has 1 saturated heterocycles. The van der Waals surface area contributed by atoms with Gasteiger partial charge in [0.05, 0.1) is 17.4 Å². The molecule has 5 heteroatoms. The second-order valence-electron chi connectivity index (χ2n) is 5.09. The molecule has 1 unspecified atom stereocenters. The van der Waals surface area contributed by atoms with Gasteiger partial charge >= 0.3 is 0 Å². The Morgan fingerprint density at radius 1 is 1.47 bits per heavy atom. The van der Waals surface area contributed by atoms with Gasteiger partial charge in [0.1, 0.15) is 0 Å². The third-order valence-corrected chi connectivity index (χ3v) is 3.61. The van der Waals surface area contributed by atoms with Gasteiger partial charge in [-0.15, -0.1) is 0 Å². The van der Waals surface area contributed by atoms with Gasteiger partial charge in [0.15, 0.2) is 0 Å². The van der Waals surface area contributed by atoms with Crippen molar-refractivity contribution in [3.63, 3.8) is 0 Å². The van der Waals surface area contributed by atoms with Crippen LogP contribution in [0.1, 0.15) is 18.4 Å². The predicted molar refractivity (Wildman–Crippen MR) is 73.5 cm³/mol. The maximum Gasteiger partial charge on any atom is 0.220 e. The van der Waals surface area contributed by atoms with Crippen LogP contribution in [0.15, 0.2) is 24.5 Å². The molecule has 3 rings (SSSR count). The number of aromatic nitrogens is 2. The third-order valence-electron chi connectivity index (χ3n) is 3.61. The van der Waals surface area contributed by atoms with Crippen LogP contribution in [-0.2, 0) is 11.3 Å². The first-order chi connectivity index (χ1) is 9.31. The summed E-state index contributed by atoms with van der Waals surface area (Å²) in [4.78, 5) is 19.1. The summed E-state index contributed by atoms with van der Waals surface area (Å²) in [5.41, 5.74) is 3.05. The van der Waals surface area contributed by atoms with Crippen LogP contribution in [0.3, 0.4) is 0 Å². The Balaban J connectivity index is 1.54. The van der Waals surface area contributed by atoms with Crippen molar-refractivity contribution >= 4 is 16.9 Å². The zero-order valence-corrected chi connectivity index (χ0v) is 10.8. The van der Waals surface area contributed by atoms with Crippen molar-refractivity contribution < 1.29 is 4.79 Å². The molecule has 1 atom stereocenters. The second kappa shape index (κ2) is 5.40. The fourth-order valence-electron chi connectivity index (χ4n) is 2.52. The molecule has 1 aromatic heterocycles. The summed E-state index contributed by atoms with van der Waals surface area (Å²) >= 11 is 0. The summed E-state index contributed by atoms with van der Waals surface area (Å²) in [6, 6.07) is 5.99. The maximum absolute atomic E-state index is 11.8. The molecule has 19 heavy (non-hydrogen) atoms. The standard InChI is InChI=1S/C14H18N4O/c19-14(6-11-3-4-15-7-11)16-8-10-1-2-12-13(5-10)18-9-17-12/h1-2,5,9,11,15H,3-4,6-8H2,(H,16,19)(H,17,18). The van der Waals surface area contributed by atoms with Gasteiger partial charge in [0, 0.05) is 13.0 Å². The van der Waals surface area contributed by atoms with Crippen LogP contribution in [0, 0.1) is 5.92 Å². The molecule has 1 fully saturated rings. The van der Waals surface area contributed by atoms with Crippen LogP contribution in [0.5, 0.6) is 0 Å². The highest BCUT2D eigenvalue weighted by molar-refractivity contribution is 5.77. The molecule has 0 radical (unpaired) electrons. The number of carbonyl (C=O) groups excluding carboxylic acids is 1. The Kier molecular flexibility index (Phi) is 3.46. The summed E-state index contributed by atoms with van der Waals surface area (Å²) in [7, 11) is 0. The van der Waals surface area contributed by atoms with Gasteiger partial charge in [-0.05, 0) is 43.1 Å². The van der Waals surface area contributed by atoms with E-state index in [4.69, 9.17) is 0 Å². The maximum atomic E-state index is 11.8. The Morgan fingerprint density at radius 2 is 2.42 bits per heavy atom. The largest absolute Gasteiger partial charge is 0.352 e. The van der Waals surface area contributed by atoms with Crippen LogP contribution in [0.4, 0.5) is 0 Å². The van der Waals surface area contributed by atoms with Crippen molar-refractivity contribution in [3.05, 3.63) is 30.1 Å². The van der Waals surface area contributed by atoms with Crippen molar-refractivity contribution in [3.8, 4) is 0 Å². The minimum Gasteiger partial charge on any atom is -0.352 e. The number of aromatic amines is 1. The Morgan fingerprint density at radius 3 is 3.26 bits per heavy atom. The van der Waals surface area contributed by atoms with E-state index >= 15 is 0 Å². The van der Waals surface area contributed by atoms with Crippen molar-refractivity contribution in [2.45, 2.75) is 19.4 Å². The molecule has 5 nitrogen and oxygen atoms in total. The first-order valence-corrected chi connectivity index (χ1v) is 6.71. The van der Waals surface area contributed by atoms with Gasteiger partial charge in [-0.25, -0.2) is 4.98 Å². The van der Waals surface area contributed by atoms with Crippen molar-refractivity contribution in [2.75, 3.05) is 13.1 Å². The molecule has 2 aromatic rings. The summed E-state index contributed by atoms with van der Waals surface area (Å²) < 4.78 is 0. The van der Waals surface area contributed by atoms with Crippen LogP contribution in [-0.4, -0.2) is 29.0 Å². The lowest BCUT2D eigenvalue weighted by molar-refractivity contribution is -0.122. The molecular formula is C14H18N4O. The van der Waals surface area contributed by atoms with Gasteiger partial charge in [0.25, 0.3) is 0 Å². The van der Waals surface area contributed by atoms with E-state index in [0.717, 1.165) is 36.1 Å². The zero-order valence-electron chi connectivity index (χ0n) is 10.8. The number of nitrogens with zero attached hydrogens (tertiary/aromatic N) is 1. The van der Waals surface area contributed by atoms with E-state index in [1.807, 2.05) is 18.2 Å². The second-order valence-corrected chi connectivity index (χ2v) is 5.09. The normalized spacial score (nSPS) is 18.8. The number of amides is 1. The zero-order chi connectivity index (χ0) is 13.1. The van der Waals surface area contributed by atoms with Gasteiger partial charge in [-0.3, -0.25) is 4.79 Å². The molecule has 0 aliphatic carbocycles. The van der Waals surface area contributed by atoms with Crippen LogP contribution in [0.2, 0.25) is 0 Å². The first-order valence-electron chi connectivity index (χ1n) is 6.71. The molecule has 2 heterocycles. The van der Waals surface area contributed by atoms with E-state index in [-0.39, 0.29) is 5.91 Å². The smallest absolute Gasteiger partial charge is 0.220 e. The molecule has 1 aromatic carbocycles. The number of fused-ring (bicyclic) bond motifs is 1. The fourth-order valence-corrected chi connectivity index (χ4v) is 2.52. The van der Waals surface area contributed by atoms with E-state index < -0.39 is 0 Å². The van der Waals surface area contributed by atoms with E-state index in [0.29, 0.717) is 18.9 Å². The molecular weight excluding hydrogens is 240 g/mol. The molecule has 0 saturated carbocycles. The highest BCUT2D eigenvalue weighted by Gasteiger charge is 2.17. The highest BCUT2D eigenvalue weighted by Crippen LogP contribution is 2.13. The summed E-state index contributed by atoms with van der Waals surface area (Å²) in [5, 5.41) is 6.26. The molecule has 3 N–H and O–H groups in total. The van der Waals surface area contributed by atoms with Crippen molar-refractivity contribution in [1.82, 2.24) is 20.6 Å². The number of carbonyl (C=O) groups is 1. The number of nitrogens with one attached hydrogen (secondary N) is 3. The minimum atomic E-state index is 0.137. The van der Waals surface area contributed by atoms with Crippen LogP contribution in [0.25, 0.3) is 11.0 Å². The van der Waals surface area contributed by atoms with Gasteiger partial charge in [0.2, 0.25) is 5.91 Å². The summed E-state index contributed by atoms with van der Waals surface area (Å²) in [5.74, 6) is 0.633. The number of H-pyrrole nitrogens is 1. The van der Waals surface area contributed by atoms with Gasteiger partial charge in [-0.1, -0.05) is 6.07 Å². The lowest BCUT2D eigenvalue weighted by atomic mass is 10.0. The lowest BCUT2D eigenvalue weighted by Gasteiger charge is -2.09. The average molecular weight is 258 g/mol. The predicted octanol–water partition coefficient (Wildman–Crippen LogP) is 1.18. The minimum absolute atomic E-state index is 0.137. The molecule has 100 valence electrons. The van der Waals surface area contributed by atoms with Gasteiger partial charge < -0.3 is 15.6 Å². The Hall–Kier alpha value is -1.88. The quantitative estimate of drug-likeness (QED) is 0.771. The topological polar surface area (TPSA) is 69.8 Å². The number of benzene rings is 1. The van der Waals surface area contributed by atoms with Crippen molar-refractivity contribution in [2.24, 2.45) is 5.92 Å². The number of rotatable bonds is 4. The number of hydrogen-bond acceptors (Lipinski definition) is 3. The third kappa shape index (κ3) is 2.93. The van der Waals surface area contributed by atoms with Crippen molar-refractivity contribution in [1.29, 1.82) is 0 Å². The van der Waals surface area contributed by atoms with E-state index in [2.05, 4.69) is 20.6 Å². The van der Waals surface area contributed by atoms with E-state index in [1.165, 1.54) is 0 Å². The first kappa shape index (κ1) is 12.2. The molecule has 1 amide bonds. The average Bonchev–Trinajstić information content (AvgIpc) is 3.06. The van der Waals surface area contributed by atoms with Crippen LogP contribution < -0.4 is 10.6 Å². The van der Waals surface area contributed by atoms with Gasteiger partial charge in [-0.2, -0.15) is 0 Å². The number of hydrogen-bond donors (Lipinski definition) is 3. The van der Waals surface area contributed by atoms with Crippen LogP contribution >= 0.6 is 0 Å². The Labute approximate surface area is 111 Å². The molecule has 0 spiro atoms. The molecule has 1 aliphatic rings. The molecule has 0 bridgehead atoms. The SMILES string of the molecule is O=C(CC1CCNC1)NCc1ccc2nc[nH]c2c1. The molecule has 1 aliphatic heterocycles. The van der Waals surface area contributed by atoms with E-state index in [1.54, 1.807) is 6.33 Å².